The number of nitrogens with two attached hydrogens (primary N) is 1. The quantitative estimate of drug-likeness (QED) is 0.546. The first-order valence-corrected chi connectivity index (χ1v) is 10.4. The lowest BCUT2D eigenvalue weighted by atomic mass is 9.98. The van der Waals surface area contributed by atoms with Crippen LogP contribution in [0.25, 0.3) is 5.57 Å². The van der Waals surface area contributed by atoms with Crippen LogP contribution in [0.3, 0.4) is 0 Å². The number of carbonyl (C=O) groups is 1. The van der Waals surface area contributed by atoms with E-state index in [2.05, 4.69) is 40.6 Å². The average Bonchev–Trinajstić information content (AvgIpc) is 2.77. The minimum absolute atomic E-state index is 0.292. The van der Waals surface area contributed by atoms with Gasteiger partial charge >= 0.3 is 0 Å². The van der Waals surface area contributed by atoms with Crippen molar-refractivity contribution in [3.05, 3.63) is 77.6 Å². The maximum absolute atomic E-state index is 13.1. The molecule has 1 unspecified atom stereocenters. The molecule has 3 N–H and O–H groups in total. The molecule has 1 amide bonds. The van der Waals surface area contributed by atoms with E-state index in [1.54, 1.807) is 12.1 Å². The minimum atomic E-state index is -0.440. The number of carbonyl (C=O) groups excluding carboxylic acids is 1. The highest BCUT2D eigenvalue weighted by molar-refractivity contribution is 5.82. The molecule has 2 aromatic carbocycles. The van der Waals surface area contributed by atoms with Gasteiger partial charge in [-0.15, -0.1) is 0 Å². The molecule has 0 radical (unpaired) electrons. The van der Waals surface area contributed by atoms with Crippen molar-refractivity contribution >= 4 is 17.4 Å². The Hall–Kier alpha value is -3.15. The van der Waals surface area contributed by atoms with E-state index in [0.29, 0.717) is 13.0 Å². The first-order chi connectivity index (χ1) is 14.6. The summed E-state index contributed by atoms with van der Waals surface area (Å²) in [4.78, 5) is 18.8. The number of rotatable bonds is 7. The second kappa shape index (κ2) is 10.6. The van der Waals surface area contributed by atoms with E-state index < -0.39 is 11.8 Å². The maximum atomic E-state index is 13.1. The molecule has 6 heteroatoms. The van der Waals surface area contributed by atoms with Crippen molar-refractivity contribution in [1.29, 1.82) is 0 Å². The zero-order chi connectivity index (χ0) is 21.3. The number of aliphatic imine (C=N–C) groups is 1. The number of amides is 1. The van der Waals surface area contributed by atoms with Crippen molar-refractivity contribution < 1.29 is 9.18 Å². The summed E-state index contributed by atoms with van der Waals surface area (Å²) >= 11 is 0. The number of hydrogen-bond acceptors (Lipinski definition) is 2. The molecule has 1 aliphatic heterocycles. The summed E-state index contributed by atoms with van der Waals surface area (Å²) in [5.41, 5.74) is 9.08. The van der Waals surface area contributed by atoms with Crippen LogP contribution in [0.15, 0.2) is 65.7 Å². The summed E-state index contributed by atoms with van der Waals surface area (Å²) in [5.74, 6) is -0.353. The second-order valence-corrected chi connectivity index (χ2v) is 7.42. The van der Waals surface area contributed by atoms with E-state index in [1.807, 2.05) is 13.0 Å². The summed E-state index contributed by atoms with van der Waals surface area (Å²) in [6.45, 7) is 4.67. The fourth-order valence-corrected chi connectivity index (χ4v) is 3.56. The van der Waals surface area contributed by atoms with Crippen LogP contribution >= 0.6 is 0 Å². The van der Waals surface area contributed by atoms with Crippen LogP contribution in [0, 0.1) is 11.7 Å². The lowest BCUT2D eigenvalue weighted by Gasteiger charge is -2.30. The van der Waals surface area contributed by atoms with Gasteiger partial charge in [-0.3, -0.25) is 9.79 Å². The van der Waals surface area contributed by atoms with Gasteiger partial charge in [-0.25, -0.2) is 4.39 Å². The number of benzene rings is 2. The fraction of sp³-hybridized carbons (Fsp3) is 0.333. The topological polar surface area (TPSA) is 70.7 Å². The Balaban J connectivity index is 1.67. The average molecular weight is 409 g/mol. The van der Waals surface area contributed by atoms with Crippen LogP contribution in [0.5, 0.6) is 0 Å². The number of guanidine groups is 1. The second-order valence-electron chi connectivity index (χ2n) is 7.42. The maximum Gasteiger partial charge on any atom is 0.222 e. The molecular formula is C24H29FN4O. The molecule has 0 spiro atoms. The van der Waals surface area contributed by atoms with Gasteiger partial charge < -0.3 is 16.0 Å². The molecule has 1 aliphatic rings. The van der Waals surface area contributed by atoms with Gasteiger partial charge in [0.15, 0.2) is 5.96 Å². The van der Waals surface area contributed by atoms with Gasteiger partial charge in [0.05, 0.1) is 12.5 Å². The van der Waals surface area contributed by atoms with Crippen LogP contribution < -0.4 is 11.1 Å². The fourth-order valence-electron chi connectivity index (χ4n) is 3.56. The molecule has 0 bridgehead atoms. The van der Waals surface area contributed by atoms with Crippen molar-refractivity contribution in [3.8, 4) is 0 Å². The highest BCUT2D eigenvalue weighted by atomic mass is 19.1. The first-order valence-electron chi connectivity index (χ1n) is 10.4. The van der Waals surface area contributed by atoms with Gasteiger partial charge in [0.2, 0.25) is 5.91 Å². The van der Waals surface area contributed by atoms with Crippen LogP contribution in [-0.2, 0) is 11.2 Å². The Kier molecular flexibility index (Phi) is 7.60. The number of halogens is 1. The van der Waals surface area contributed by atoms with Crippen molar-refractivity contribution in [2.75, 3.05) is 26.2 Å². The summed E-state index contributed by atoms with van der Waals surface area (Å²) in [5, 5.41) is 3.32. The third-order valence-corrected chi connectivity index (χ3v) is 5.25. The van der Waals surface area contributed by atoms with Crippen LogP contribution in [-0.4, -0.2) is 42.9 Å². The molecule has 158 valence electrons. The largest absolute Gasteiger partial charge is 0.369 e. The molecule has 0 saturated heterocycles. The van der Waals surface area contributed by atoms with E-state index in [4.69, 9.17) is 10.7 Å². The number of primary amides is 1. The lowest BCUT2D eigenvalue weighted by Crippen LogP contribution is -2.44. The Morgan fingerprint density at radius 3 is 2.53 bits per heavy atom. The van der Waals surface area contributed by atoms with E-state index in [9.17, 15) is 9.18 Å². The molecule has 0 aromatic heterocycles. The molecular weight excluding hydrogens is 379 g/mol. The molecule has 2 aromatic rings. The van der Waals surface area contributed by atoms with Gasteiger partial charge in [0.25, 0.3) is 0 Å². The smallest absolute Gasteiger partial charge is 0.222 e. The first kappa shape index (κ1) is 21.6. The third kappa shape index (κ3) is 5.92. The SMILES string of the molecule is CCNC(=NCC(Cc1ccc(F)cc1)C(N)=O)N1CC=C(c2ccccc2)CC1. The van der Waals surface area contributed by atoms with E-state index >= 15 is 0 Å². The van der Waals surface area contributed by atoms with E-state index in [0.717, 1.165) is 37.6 Å². The highest BCUT2D eigenvalue weighted by Gasteiger charge is 2.19. The number of nitrogens with zero attached hydrogens (tertiary/aromatic N) is 2. The van der Waals surface area contributed by atoms with Gasteiger partial charge in [-0.1, -0.05) is 48.5 Å². The third-order valence-electron chi connectivity index (χ3n) is 5.25. The Labute approximate surface area is 177 Å². The zero-order valence-corrected chi connectivity index (χ0v) is 17.4. The zero-order valence-electron chi connectivity index (χ0n) is 17.4. The van der Waals surface area contributed by atoms with Crippen LogP contribution in [0.4, 0.5) is 4.39 Å². The molecule has 0 aliphatic carbocycles. The predicted octanol–water partition coefficient (Wildman–Crippen LogP) is 3.22. The molecule has 1 atom stereocenters. The summed E-state index contributed by atoms with van der Waals surface area (Å²) in [6, 6.07) is 16.5. The van der Waals surface area contributed by atoms with E-state index in [-0.39, 0.29) is 5.82 Å². The molecule has 30 heavy (non-hydrogen) atoms. The monoisotopic (exact) mass is 408 g/mol. The Morgan fingerprint density at radius 2 is 1.93 bits per heavy atom. The van der Waals surface area contributed by atoms with Gasteiger partial charge in [0.1, 0.15) is 5.82 Å². The standard InChI is InChI=1S/C24H29FN4O/c1-2-27-24(29-14-12-20(13-15-29)19-6-4-3-5-7-19)28-17-21(23(26)30)16-18-8-10-22(25)11-9-18/h3-12,21H,2,13-17H2,1H3,(H2,26,30)(H,27,28). The number of nitrogens with one attached hydrogen (secondary N) is 1. The normalized spacial score (nSPS) is 15.5. The summed E-state index contributed by atoms with van der Waals surface area (Å²) < 4.78 is 13.1. The van der Waals surface area contributed by atoms with Crippen LogP contribution in [0.2, 0.25) is 0 Å². The molecule has 1 heterocycles. The Bertz CT molecular complexity index is 893. The molecule has 3 rings (SSSR count). The molecule has 5 nitrogen and oxygen atoms in total. The summed E-state index contributed by atoms with van der Waals surface area (Å²) in [6.07, 6.45) is 3.61. The van der Waals surface area contributed by atoms with Gasteiger partial charge in [-0.2, -0.15) is 0 Å². The van der Waals surface area contributed by atoms with E-state index in [1.165, 1.54) is 23.3 Å². The highest BCUT2D eigenvalue weighted by Crippen LogP contribution is 2.22. The van der Waals surface area contributed by atoms with Crippen molar-refractivity contribution in [3.63, 3.8) is 0 Å². The van der Waals surface area contributed by atoms with Crippen molar-refractivity contribution in [2.45, 2.75) is 19.8 Å². The van der Waals surface area contributed by atoms with Crippen LogP contribution in [0.1, 0.15) is 24.5 Å². The van der Waals surface area contributed by atoms with Crippen molar-refractivity contribution in [2.24, 2.45) is 16.6 Å². The minimum Gasteiger partial charge on any atom is -0.369 e. The number of hydrogen-bond donors (Lipinski definition) is 2. The molecule has 0 fully saturated rings. The molecule has 0 saturated carbocycles. The van der Waals surface area contributed by atoms with Gasteiger partial charge in [-0.05, 0) is 48.6 Å². The van der Waals surface area contributed by atoms with Gasteiger partial charge in [0, 0.05) is 19.6 Å². The Morgan fingerprint density at radius 1 is 1.20 bits per heavy atom. The lowest BCUT2D eigenvalue weighted by molar-refractivity contribution is -0.121. The van der Waals surface area contributed by atoms with Crippen molar-refractivity contribution in [1.82, 2.24) is 10.2 Å². The summed E-state index contributed by atoms with van der Waals surface area (Å²) in [7, 11) is 0. The predicted molar refractivity (Wildman–Crippen MR) is 119 cm³/mol.